The number of ketones is 1. The number of rotatable bonds is 12. The molecular formula is C37H42Cl2N2O3+2. The molecule has 4 aromatic rings. The van der Waals surface area contributed by atoms with E-state index in [1.165, 1.54) is 38.3 Å². The maximum Gasteiger partial charge on any atom is 0.156 e. The number of likely N-dealkylation sites (tertiary alicyclic amines) is 1. The van der Waals surface area contributed by atoms with Crippen LogP contribution in [0, 0.1) is 13.8 Å². The second-order valence-corrected chi connectivity index (χ2v) is 12.6. The third kappa shape index (κ3) is 8.22. The van der Waals surface area contributed by atoms with Gasteiger partial charge in [0.1, 0.15) is 31.3 Å². The van der Waals surface area contributed by atoms with E-state index in [9.17, 15) is 4.79 Å². The SMILES string of the molecule is Cc1cc(Cl)c(OCCOc2ccc(CC(C[NH3+])c3ccc(-c4ccccc4C[NH+]4CCC(=O)CC4)cc3C)cc2)c(Cl)c1. The van der Waals surface area contributed by atoms with E-state index >= 15 is 0 Å². The molecule has 0 radical (unpaired) electrons. The number of carbonyl (C=O) groups is 1. The zero-order valence-electron chi connectivity index (χ0n) is 25.6. The van der Waals surface area contributed by atoms with Gasteiger partial charge in [-0.2, -0.15) is 0 Å². The molecule has 44 heavy (non-hydrogen) atoms. The fourth-order valence-corrected chi connectivity index (χ4v) is 6.79. The monoisotopic (exact) mass is 632 g/mol. The van der Waals surface area contributed by atoms with Crippen LogP contribution in [-0.4, -0.2) is 38.6 Å². The Morgan fingerprint density at radius 3 is 2.23 bits per heavy atom. The lowest BCUT2D eigenvalue weighted by molar-refractivity contribution is -0.915. The molecule has 1 fully saturated rings. The molecule has 0 saturated carbocycles. The van der Waals surface area contributed by atoms with Crippen molar-refractivity contribution in [2.45, 2.75) is 45.6 Å². The van der Waals surface area contributed by atoms with Crippen molar-refractivity contribution in [1.82, 2.24) is 0 Å². The molecule has 5 rings (SSSR count). The number of halogens is 2. The van der Waals surface area contributed by atoms with Gasteiger partial charge < -0.3 is 20.1 Å². The van der Waals surface area contributed by atoms with Crippen LogP contribution in [0.1, 0.15) is 46.6 Å². The molecule has 4 aromatic carbocycles. The van der Waals surface area contributed by atoms with Crippen molar-refractivity contribution in [2.24, 2.45) is 0 Å². The Morgan fingerprint density at radius 2 is 1.55 bits per heavy atom. The minimum atomic E-state index is 0.318. The molecule has 1 heterocycles. The predicted octanol–water partition coefficient (Wildman–Crippen LogP) is 6.05. The predicted molar refractivity (Wildman–Crippen MR) is 178 cm³/mol. The van der Waals surface area contributed by atoms with Crippen LogP contribution < -0.4 is 20.1 Å². The molecule has 5 nitrogen and oxygen atoms in total. The largest absolute Gasteiger partial charge is 0.490 e. The van der Waals surface area contributed by atoms with Gasteiger partial charge in [-0.15, -0.1) is 0 Å². The summed E-state index contributed by atoms with van der Waals surface area (Å²) in [5.41, 5.74) is 13.0. The van der Waals surface area contributed by atoms with Crippen molar-refractivity contribution < 1.29 is 24.9 Å². The van der Waals surface area contributed by atoms with Crippen molar-refractivity contribution in [3.05, 3.63) is 117 Å². The fraction of sp³-hybridized carbons (Fsp3) is 0.324. The number of hydrogen-bond acceptors (Lipinski definition) is 3. The molecule has 1 saturated heterocycles. The number of benzene rings is 4. The molecule has 0 aliphatic carbocycles. The Morgan fingerprint density at radius 1 is 0.864 bits per heavy atom. The molecule has 0 amide bonds. The van der Waals surface area contributed by atoms with Crippen LogP contribution in [0.2, 0.25) is 10.0 Å². The van der Waals surface area contributed by atoms with E-state index in [1.54, 1.807) is 0 Å². The average molecular weight is 634 g/mol. The first-order valence-electron chi connectivity index (χ1n) is 15.4. The lowest BCUT2D eigenvalue weighted by Crippen LogP contribution is -3.11. The van der Waals surface area contributed by atoms with E-state index < -0.39 is 0 Å². The molecule has 1 aliphatic heterocycles. The Balaban J connectivity index is 1.18. The normalized spacial score (nSPS) is 14.4. The number of quaternary nitrogens is 2. The van der Waals surface area contributed by atoms with Gasteiger partial charge >= 0.3 is 0 Å². The third-order valence-electron chi connectivity index (χ3n) is 8.49. The summed E-state index contributed by atoms with van der Waals surface area (Å²) < 4.78 is 11.7. The number of hydrogen-bond donors (Lipinski definition) is 2. The molecule has 0 aromatic heterocycles. The van der Waals surface area contributed by atoms with Crippen molar-refractivity contribution in [1.29, 1.82) is 0 Å². The first-order valence-corrected chi connectivity index (χ1v) is 16.2. The van der Waals surface area contributed by atoms with E-state index in [-0.39, 0.29) is 0 Å². The second-order valence-electron chi connectivity index (χ2n) is 11.8. The van der Waals surface area contributed by atoms with Crippen molar-refractivity contribution in [3.63, 3.8) is 0 Å². The molecular weight excluding hydrogens is 591 g/mol. The highest BCUT2D eigenvalue weighted by Gasteiger charge is 2.21. The summed E-state index contributed by atoms with van der Waals surface area (Å²) in [7, 11) is 0. The van der Waals surface area contributed by atoms with Crippen molar-refractivity contribution in [3.8, 4) is 22.6 Å². The van der Waals surface area contributed by atoms with E-state index in [4.69, 9.17) is 32.7 Å². The second kappa shape index (κ2) is 15.1. The van der Waals surface area contributed by atoms with Gasteiger partial charge in [-0.1, -0.05) is 77.8 Å². The van der Waals surface area contributed by atoms with Gasteiger partial charge in [-0.25, -0.2) is 0 Å². The van der Waals surface area contributed by atoms with Gasteiger partial charge in [-0.3, -0.25) is 4.79 Å². The number of nitrogens with one attached hydrogen (secondary N) is 1. The van der Waals surface area contributed by atoms with Gasteiger partial charge in [-0.05, 0) is 77.9 Å². The summed E-state index contributed by atoms with van der Waals surface area (Å²) >= 11 is 12.5. The van der Waals surface area contributed by atoms with Crippen LogP contribution in [0.15, 0.2) is 78.9 Å². The summed E-state index contributed by atoms with van der Waals surface area (Å²) in [6, 6.07) is 27.5. The molecule has 0 spiro atoms. The molecule has 0 bridgehead atoms. The van der Waals surface area contributed by atoms with E-state index in [1.807, 2.05) is 31.2 Å². The highest BCUT2D eigenvalue weighted by atomic mass is 35.5. The molecule has 1 unspecified atom stereocenters. The van der Waals surface area contributed by atoms with Crippen LogP contribution in [0.5, 0.6) is 11.5 Å². The molecule has 1 atom stereocenters. The quantitative estimate of drug-likeness (QED) is 0.187. The van der Waals surface area contributed by atoms with Crippen molar-refractivity contribution in [2.75, 3.05) is 32.8 Å². The Labute approximate surface area is 270 Å². The number of piperidine rings is 1. The zero-order valence-corrected chi connectivity index (χ0v) is 27.1. The highest BCUT2D eigenvalue weighted by molar-refractivity contribution is 6.37. The summed E-state index contributed by atoms with van der Waals surface area (Å²) in [5, 5.41) is 1.00. The van der Waals surface area contributed by atoms with Crippen molar-refractivity contribution >= 4 is 29.0 Å². The molecule has 230 valence electrons. The number of carbonyl (C=O) groups excluding carboxylic acids is 1. The maximum atomic E-state index is 11.7. The molecule has 7 heteroatoms. The van der Waals surface area contributed by atoms with Crippen LogP contribution in [0.4, 0.5) is 0 Å². The lowest BCUT2D eigenvalue weighted by Gasteiger charge is -2.24. The first kappa shape index (κ1) is 32.1. The first-order chi connectivity index (χ1) is 21.3. The number of aryl methyl sites for hydroxylation is 2. The van der Waals surface area contributed by atoms with Crippen LogP contribution in [0.3, 0.4) is 0 Å². The van der Waals surface area contributed by atoms with Gasteiger partial charge in [0.25, 0.3) is 0 Å². The third-order valence-corrected chi connectivity index (χ3v) is 9.05. The molecule has 4 N–H and O–H groups in total. The number of ether oxygens (including phenoxy) is 2. The van der Waals surface area contributed by atoms with Gasteiger partial charge in [0, 0.05) is 11.5 Å². The smallest absolute Gasteiger partial charge is 0.156 e. The summed E-state index contributed by atoms with van der Waals surface area (Å²) in [4.78, 5) is 13.2. The van der Waals surface area contributed by atoms with E-state index in [0.717, 1.165) is 43.9 Å². The van der Waals surface area contributed by atoms with Gasteiger partial charge in [0.15, 0.2) is 5.75 Å². The Kier molecular flexibility index (Phi) is 11.0. The minimum Gasteiger partial charge on any atom is -0.490 e. The summed E-state index contributed by atoms with van der Waals surface area (Å²) in [6.07, 6.45) is 2.30. The Hall–Kier alpha value is -3.35. The maximum absolute atomic E-state index is 11.7. The summed E-state index contributed by atoms with van der Waals surface area (Å²) in [6.45, 7) is 8.49. The van der Waals surface area contributed by atoms with Crippen LogP contribution >= 0.6 is 23.2 Å². The fourth-order valence-electron chi connectivity index (χ4n) is 6.09. The minimum absolute atomic E-state index is 0.318. The average Bonchev–Trinajstić information content (AvgIpc) is 3.01. The summed E-state index contributed by atoms with van der Waals surface area (Å²) in [5.74, 6) is 2.00. The lowest BCUT2D eigenvalue weighted by atomic mass is 9.87. The van der Waals surface area contributed by atoms with E-state index in [2.05, 4.69) is 67.3 Å². The standard InChI is InChI=1S/C37H40Cl2N2O3/c1-25-19-35(38)37(36(39)20-25)44-18-17-43-32-10-7-27(8-11-32)22-30(23-40)33-12-9-28(21-26(33)2)34-6-4-3-5-29(34)24-41-15-13-31(42)14-16-41/h3-12,19-21,30H,13-18,22-24,40H2,1-2H3/p+2. The van der Waals surface area contributed by atoms with Gasteiger partial charge in [0.2, 0.25) is 0 Å². The molecule has 1 aliphatic rings. The van der Waals surface area contributed by atoms with Crippen LogP contribution in [-0.2, 0) is 17.8 Å². The van der Waals surface area contributed by atoms with Gasteiger partial charge in [0.05, 0.1) is 42.5 Å². The van der Waals surface area contributed by atoms with Crippen LogP contribution in [0.25, 0.3) is 11.1 Å². The van der Waals surface area contributed by atoms with E-state index in [0.29, 0.717) is 53.6 Å². The number of Topliss-reactive ketones (excluding diaryl/α,β-unsaturated/α-hetero) is 1. The zero-order chi connectivity index (χ0) is 31.1. The Bertz CT molecular complexity index is 1560. The topological polar surface area (TPSA) is 67.6 Å². The highest BCUT2D eigenvalue weighted by Crippen LogP contribution is 2.34.